The van der Waals surface area contributed by atoms with E-state index < -0.39 is 0 Å². The fourth-order valence-electron chi connectivity index (χ4n) is 1.96. The molecule has 0 unspecified atom stereocenters. The maximum Gasteiger partial charge on any atom is 0.308 e. The minimum Gasteiger partial charge on any atom is -0.466 e. The second kappa shape index (κ2) is 8.25. The zero-order chi connectivity index (χ0) is 13.4. The Kier molecular flexibility index (Phi) is 6.94. The summed E-state index contributed by atoms with van der Waals surface area (Å²) in [6.07, 6.45) is 5.76. The molecule has 0 radical (unpaired) electrons. The first-order valence-corrected chi connectivity index (χ1v) is 7.56. The molecule has 1 fully saturated rings. The molecule has 18 heavy (non-hydrogen) atoms. The van der Waals surface area contributed by atoms with E-state index in [9.17, 15) is 4.79 Å². The average molecular weight is 269 g/mol. The number of esters is 1. The smallest absolute Gasteiger partial charge is 0.308 e. The lowest BCUT2D eigenvalue weighted by molar-refractivity contribution is -0.149. The Morgan fingerprint density at radius 3 is 2.44 bits per heavy atom. The first-order chi connectivity index (χ1) is 8.65. The Bertz CT molecular complexity index is 340. The molecule has 2 rings (SSSR count). The normalized spacial score (nSPS) is 15.7. The van der Waals surface area contributed by atoms with E-state index in [1.807, 2.05) is 19.4 Å². The summed E-state index contributed by atoms with van der Waals surface area (Å²) >= 11 is 1.69. The van der Waals surface area contributed by atoms with E-state index in [0.29, 0.717) is 6.61 Å². The standard InChI is InChI=1S/C9H16O2.C5H7NS/c1-2-11-9(10)8-6-4-3-5-7-8;1-4-5(2)7-3-6-4/h8H,2-7H2,1H3;3H,1-2H3. The van der Waals surface area contributed by atoms with Crippen LogP contribution >= 0.6 is 11.3 Å². The van der Waals surface area contributed by atoms with Crippen LogP contribution in [0.3, 0.4) is 0 Å². The summed E-state index contributed by atoms with van der Waals surface area (Å²) in [5, 5.41) is 0. The number of hydrogen-bond acceptors (Lipinski definition) is 4. The van der Waals surface area contributed by atoms with Gasteiger partial charge in [0, 0.05) is 4.88 Å². The molecule has 4 heteroatoms. The van der Waals surface area contributed by atoms with Crippen molar-refractivity contribution in [2.75, 3.05) is 6.61 Å². The number of carbonyl (C=O) groups is 1. The van der Waals surface area contributed by atoms with E-state index in [1.54, 1.807) is 11.3 Å². The molecule has 1 aliphatic rings. The number of carbonyl (C=O) groups excluding carboxylic acids is 1. The molecule has 0 aliphatic heterocycles. The van der Waals surface area contributed by atoms with E-state index in [4.69, 9.17) is 4.74 Å². The van der Waals surface area contributed by atoms with Crippen LogP contribution in [0.15, 0.2) is 5.51 Å². The van der Waals surface area contributed by atoms with E-state index in [1.165, 1.54) is 24.1 Å². The largest absolute Gasteiger partial charge is 0.466 e. The number of rotatable bonds is 2. The summed E-state index contributed by atoms with van der Waals surface area (Å²) in [6.45, 7) is 6.48. The van der Waals surface area contributed by atoms with Crippen molar-refractivity contribution in [3.63, 3.8) is 0 Å². The van der Waals surface area contributed by atoms with Crippen molar-refractivity contribution in [2.45, 2.75) is 52.9 Å². The summed E-state index contributed by atoms with van der Waals surface area (Å²) < 4.78 is 4.94. The second-order valence-electron chi connectivity index (χ2n) is 4.58. The van der Waals surface area contributed by atoms with Crippen molar-refractivity contribution in [3.05, 3.63) is 16.1 Å². The Hall–Kier alpha value is -0.900. The molecule has 0 amide bonds. The lowest BCUT2D eigenvalue weighted by Crippen LogP contribution is -2.20. The second-order valence-corrected chi connectivity index (χ2v) is 5.64. The van der Waals surface area contributed by atoms with Crippen molar-refractivity contribution in [2.24, 2.45) is 5.92 Å². The van der Waals surface area contributed by atoms with Gasteiger partial charge in [0.2, 0.25) is 0 Å². The molecule has 0 bridgehead atoms. The molecular weight excluding hydrogens is 246 g/mol. The Morgan fingerprint density at radius 1 is 1.39 bits per heavy atom. The monoisotopic (exact) mass is 269 g/mol. The van der Waals surface area contributed by atoms with Crippen molar-refractivity contribution in [3.8, 4) is 0 Å². The van der Waals surface area contributed by atoms with Gasteiger partial charge in [-0.2, -0.15) is 0 Å². The predicted octanol–water partition coefficient (Wildman–Crippen LogP) is 3.89. The first-order valence-electron chi connectivity index (χ1n) is 6.68. The van der Waals surface area contributed by atoms with Crippen LogP contribution in [0.25, 0.3) is 0 Å². The van der Waals surface area contributed by atoms with E-state index >= 15 is 0 Å². The summed E-state index contributed by atoms with van der Waals surface area (Å²) in [7, 11) is 0. The molecule has 0 N–H and O–H groups in total. The van der Waals surface area contributed by atoms with Gasteiger partial charge in [-0.1, -0.05) is 19.3 Å². The van der Waals surface area contributed by atoms with Crippen molar-refractivity contribution in [1.82, 2.24) is 4.98 Å². The fraction of sp³-hybridized carbons (Fsp3) is 0.714. The molecule has 0 saturated heterocycles. The summed E-state index contributed by atoms with van der Waals surface area (Å²) in [5.41, 5.74) is 3.02. The molecule has 0 aromatic carbocycles. The third-order valence-electron chi connectivity index (χ3n) is 3.21. The number of thiazole rings is 1. The van der Waals surface area contributed by atoms with Crippen LogP contribution in [0.2, 0.25) is 0 Å². The zero-order valence-electron chi connectivity index (χ0n) is 11.6. The van der Waals surface area contributed by atoms with Crippen LogP contribution in [0.4, 0.5) is 0 Å². The molecule has 1 heterocycles. The molecular formula is C14H23NO2S. The number of ether oxygens (including phenoxy) is 1. The molecule has 102 valence electrons. The van der Waals surface area contributed by atoms with Crippen LogP contribution in [-0.2, 0) is 9.53 Å². The topological polar surface area (TPSA) is 39.2 Å². The number of nitrogens with zero attached hydrogens (tertiary/aromatic N) is 1. The Morgan fingerprint density at radius 2 is 2.06 bits per heavy atom. The van der Waals surface area contributed by atoms with Crippen LogP contribution in [0.5, 0.6) is 0 Å². The van der Waals surface area contributed by atoms with Gasteiger partial charge in [0.1, 0.15) is 0 Å². The van der Waals surface area contributed by atoms with Gasteiger partial charge >= 0.3 is 5.97 Å². The van der Waals surface area contributed by atoms with Crippen molar-refractivity contribution < 1.29 is 9.53 Å². The minimum atomic E-state index is 0.0206. The Balaban J connectivity index is 0.000000199. The summed E-state index contributed by atoms with van der Waals surface area (Å²) in [4.78, 5) is 16.5. The summed E-state index contributed by atoms with van der Waals surface area (Å²) in [5.74, 6) is 0.232. The fourth-order valence-corrected chi connectivity index (χ4v) is 2.55. The van der Waals surface area contributed by atoms with Crippen LogP contribution in [-0.4, -0.2) is 17.6 Å². The third-order valence-corrected chi connectivity index (χ3v) is 4.07. The highest BCUT2D eigenvalue weighted by Crippen LogP contribution is 2.24. The van der Waals surface area contributed by atoms with Crippen molar-refractivity contribution >= 4 is 17.3 Å². The maximum absolute atomic E-state index is 11.2. The van der Waals surface area contributed by atoms with Crippen molar-refractivity contribution in [1.29, 1.82) is 0 Å². The number of hydrogen-bond donors (Lipinski definition) is 0. The Labute approximate surface area is 114 Å². The molecule has 3 nitrogen and oxygen atoms in total. The minimum absolute atomic E-state index is 0.0206. The van der Waals surface area contributed by atoms with Gasteiger partial charge in [-0.3, -0.25) is 4.79 Å². The SMILES string of the molecule is CCOC(=O)C1CCCCC1.Cc1ncsc1C. The number of aryl methyl sites for hydroxylation is 2. The highest BCUT2D eigenvalue weighted by atomic mass is 32.1. The van der Waals surface area contributed by atoms with Crippen LogP contribution in [0, 0.1) is 19.8 Å². The molecule has 1 aromatic rings. The van der Waals surface area contributed by atoms with Gasteiger partial charge in [0.15, 0.2) is 0 Å². The van der Waals surface area contributed by atoms with E-state index in [-0.39, 0.29) is 11.9 Å². The molecule has 1 saturated carbocycles. The van der Waals surface area contributed by atoms with Gasteiger partial charge in [0.25, 0.3) is 0 Å². The predicted molar refractivity (Wildman–Crippen MR) is 74.8 cm³/mol. The first kappa shape index (κ1) is 15.2. The van der Waals surface area contributed by atoms with Crippen LogP contribution < -0.4 is 0 Å². The lowest BCUT2D eigenvalue weighted by atomic mass is 9.89. The van der Waals surface area contributed by atoms with Gasteiger partial charge in [-0.05, 0) is 33.6 Å². The number of aromatic nitrogens is 1. The van der Waals surface area contributed by atoms with Gasteiger partial charge in [-0.25, -0.2) is 4.98 Å². The van der Waals surface area contributed by atoms with Gasteiger partial charge in [0.05, 0.1) is 23.7 Å². The van der Waals surface area contributed by atoms with Gasteiger partial charge < -0.3 is 4.74 Å². The summed E-state index contributed by atoms with van der Waals surface area (Å²) in [6, 6.07) is 0. The van der Waals surface area contributed by atoms with Crippen LogP contribution in [0.1, 0.15) is 49.6 Å². The maximum atomic E-state index is 11.2. The zero-order valence-corrected chi connectivity index (χ0v) is 12.4. The molecule has 0 spiro atoms. The lowest BCUT2D eigenvalue weighted by Gasteiger charge is -2.19. The van der Waals surface area contributed by atoms with E-state index in [2.05, 4.69) is 11.9 Å². The highest BCUT2D eigenvalue weighted by Gasteiger charge is 2.21. The molecule has 1 aliphatic carbocycles. The molecule has 1 aromatic heterocycles. The van der Waals surface area contributed by atoms with E-state index in [0.717, 1.165) is 18.5 Å². The highest BCUT2D eigenvalue weighted by molar-refractivity contribution is 7.09. The quantitative estimate of drug-likeness (QED) is 0.765. The average Bonchev–Trinajstić information content (AvgIpc) is 2.76. The van der Waals surface area contributed by atoms with Gasteiger partial charge in [-0.15, -0.1) is 11.3 Å². The third kappa shape index (κ3) is 5.17. The molecule has 0 atom stereocenters.